The van der Waals surface area contributed by atoms with E-state index in [-0.39, 0.29) is 5.54 Å². The van der Waals surface area contributed by atoms with Crippen molar-refractivity contribution in [1.29, 1.82) is 0 Å². The molecule has 1 aromatic heterocycles. The number of aryl methyl sites for hydroxylation is 2. The largest absolute Gasteiger partial charge is 0.392 e. The van der Waals surface area contributed by atoms with Crippen LogP contribution in [-0.4, -0.2) is 56.8 Å². The summed E-state index contributed by atoms with van der Waals surface area (Å²) in [6.07, 6.45) is 0. The molecular formula is C13H22N6S. The number of nitrogens with two attached hydrogens (primary N) is 1. The van der Waals surface area contributed by atoms with E-state index in [4.69, 9.17) is 18.0 Å². The van der Waals surface area contributed by atoms with Gasteiger partial charge in [0.05, 0.1) is 21.9 Å². The Hall–Kier alpha value is -1.34. The summed E-state index contributed by atoms with van der Waals surface area (Å²) >= 11 is 5.15. The van der Waals surface area contributed by atoms with Gasteiger partial charge in [0.2, 0.25) is 5.95 Å². The highest BCUT2D eigenvalue weighted by molar-refractivity contribution is 7.80. The van der Waals surface area contributed by atoms with Crippen LogP contribution >= 0.6 is 12.2 Å². The third kappa shape index (κ3) is 2.88. The van der Waals surface area contributed by atoms with Gasteiger partial charge in [0.1, 0.15) is 0 Å². The molecule has 0 aliphatic carbocycles. The van der Waals surface area contributed by atoms with Crippen molar-refractivity contribution in [3.05, 3.63) is 11.4 Å². The van der Waals surface area contributed by atoms with Crippen LogP contribution in [0.1, 0.15) is 25.2 Å². The van der Waals surface area contributed by atoms with E-state index in [1.54, 1.807) is 0 Å². The smallest absolute Gasteiger partial charge is 0.245 e. The highest BCUT2D eigenvalue weighted by atomic mass is 32.1. The van der Waals surface area contributed by atoms with E-state index in [1.807, 2.05) is 13.8 Å². The van der Waals surface area contributed by atoms with Crippen LogP contribution in [0, 0.1) is 13.8 Å². The van der Waals surface area contributed by atoms with Gasteiger partial charge in [0.25, 0.3) is 0 Å². The maximum atomic E-state index is 5.82. The van der Waals surface area contributed by atoms with Crippen molar-refractivity contribution >= 4 is 23.2 Å². The van der Waals surface area contributed by atoms with Gasteiger partial charge in [-0.25, -0.2) is 4.98 Å². The molecule has 0 atom stereocenters. The van der Waals surface area contributed by atoms with Gasteiger partial charge in [0, 0.05) is 26.2 Å². The monoisotopic (exact) mass is 294 g/mol. The molecule has 110 valence electrons. The zero-order chi connectivity index (χ0) is 14.9. The summed E-state index contributed by atoms with van der Waals surface area (Å²) in [5.41, 5.74) is 7.39. The first kappa shape index (κ1) is 15.1. The van der Waals surface area contributed by atoms with E-state index >= 15 is 0 Å². The molecule has 1 saturated heterocycles. The van der Waals surface area contributed by atoms with Crippen molar-refractivity contribution in [2.24, 2.45) is 5.73 Å². The number of rotatable bonds is 3. The molecule has 1 fully saturated rings. The predicted octanol–water partition coefficient (Wildman–Crippen LogP) is 0.675. The number of aromatic nitrogens is 3. The van der Waals surface area contributed by atoms with Gasteiger partial charge in [-0.05, 0) is 27.7 Å². The third-order valence-electron chi connectivity index (χ3n) is 4.04. The Balaban J connectivity index is 2.04. The molecule has 2 heterocycles. The molecule has 6 nitrogen and oxygen atoms in total. The highest BCUT2D eigenvalue weighted by Crippen LogP contribution is 2.19. The molecule has 1 aromatic rings. The molecule has 2 N–H and O–H groups in total. The lowest BCUT2D eigenvalue weighted by Gasteiger charge is -2.43. The topological polar surface area (TPSA) is 71.2 Å². The molecule has 7 heteroatoms. The third-order valence-corrected chi connectivity index (χ3v) is 4.54. The summed E-state index contributed by atoms with van der Waals surface area (Å²) in [6, 6.07) is 0. The molecule has 0 amide bonds. The van der Waals surface area contributed by atoms with Gasteiger partial charge in [-0.2, -0.15) is 5.10 Å². The lowest BCUT2D eigenvalue weighted by Crippen LogP contribution is -2.59. The molecule has 1 aliphatic rings. The Kier molecular flexibility index (Phi) is 4.19. The Morgan fingerprint density at radius 1 is 1.10 bits per heavy atom. The molecular weight excluding hydrogens is 272 g/mol. The van der Waals surface area contributed by atoms with Crippen LogP contribution in [0.5, 0.6) is 0 Å². The summed E-state index contributed by atoms with van der Waals surface area (Å²) in [5, 5.41) is 8.32. The van der Waals surface area contributed by atoms with Crippen LogP contribution in [0.4, 0.5) is 5.95 Å². The lowest BCUT2D eigenvalue weighted by molar-refractivity contribution is 0.167. The second kappa shape index (κ2) is 5.57. The average molecular weight is 294 g/mol. The van der Waals surface area contributed by atoms with Crippen molar-refractivity contribution < 1.29 is 0 Å². The summed E-state index contributed by atoms with van der Waals surface area (Å²) in [5.74, 6) is 0.709. The Morgan fingerprint density at radius 2 is 1.70 bits per heavy atom. The van der Waals surface area contributed by atoms with E-state index in [2.05, 4.69) is 38.8 Å². The number of hydrogen-bond acceptors (Lipinski definition) is 6. The fourth-order valence-electron chi connectivity index (χ4n) is 2.20. The van der Waals surface area contributed by atoms with Crippen molar-refractivity contribution in [2.45, 2.75) is 33.2 Å². The first-order valence-electron chi connectivity index (χ1n) is 6.80. The molecule has 0 spiro atoms. The second-order valence-electron chi connectivity index (χ2n) is 5.68. The van der Waals surface area contributed by atoms with Crippen LogP contribution in [-0.2, 0) is 0 Å². The van der Waals surface area contributed by atoms with Crippen molar-refractivity contribution in [1.82, 2.24) is 20.1 Å². The van der Waals surface area contributed by atoms with E-state index < -0.39 is 0 Å². The lowest BCUT2D eigenvalue weighted by atomic mass is 10.0. The van der Waals surface area contributed by atoms with Crippen molar-refractivity contribution in [3.8, 4) is 0 Å². The molecule has 20 heavy (non-hydrogen) atoms. The Labute approximate surface area is 125 Å². The normalized spacial score (nSPS) is 17.3. The summed E-state index contributed by atoms with van der Waals surface area (Å²) in [4.78, 5) is 9.50. The summed E-state index contributed by atoms with van der Waals surface area (Å²) in [6.45, 7) is 11.5. The summed E-state index contributed by atoms with van der Waals surface area (Å²) < 4.78 is 0. The van der Waals surface area contributed by atoms with E-state index in [0.717, 1.165) is 37.6 Å². The van der Waals surface area contributed by atoms with Gasteiger partial charge in [0.15, 0.2) is 0 Å². The zero-order valence-corrected chi connectivity index (χ0v) is 13.4. The minimum Gasteiger partial charge on any atom is -0.392 e. The first-order valence-corrected chi connectivity index (χ1v) is 7.21. The molecule has 2 rings (SSSR count). The minimum absolute atomic E-state index is 0.246. The van der Waals surface area contributed by atoms with Gasteiger partial charge in [-0.3, -0.25) is 4.90 Å². The summed E-state index contributed by atoms with van der Waals surface area (Å²) in [7, 11) is 0. The van der Waals surface area contributed by atoms with Crippen molar-refractivity contribution in [3.63, 3.8) is 0 Å². The fraction of sp³-hybridized carbons (Fsp3) is 0.692. The number of nitrogens with zero attached hydrogens (tertiary/aromatic N) is 5. The van der Waals surface area contributed by atoms with Crippen molar-refractivity contribution in [2.75, 3.05) is 31.1 Å². The molecule has 0 saturated carbocycles. The maximum Gasteiger partial charge on any atom is 0.245 e. The van der Waals surface area contributed by atoms with Gasteiger partial charge in [-0.1, -0.05) is 12.2 Å². The van der Waals surface area contributed by atoms with Crippen LogP contribution in [0.3, 0.4) is 0 Å². The van der Waals surface area contributed by atoms with Crippen LogP contribution in [0.25, 0.3) is 0 Å². The van der Waals surface area contributed by atoms with E-state index in [1.165, 1.54) is 0 Å². The molecule has 0 aromatic carbocycles. The minimum atomic E-state index is -0.246. The van der Waals surface area contributed by atoms with Gasteiger partial charge >= 0.3 is 0 Å². The standard InChI is InChI=1S/C13H22N6S/c1-9-10(2)16-17-12(15-9)18-5-7-19(8-6-18)13(3,4)11(14)20/h5-8H2,1-4H3,(H2,14,20). The van der Waals surface area contributed by atoms with Gasteiger partial charge in [-0.15, -0.1) is 5.10 Å². The quantitative estimate of drug-likeness (QED) is 0.822. The molecule has 0 bridgehead atoms. The number of thiocarbonyl (C=S) groups is 1. The predicted molar refractivity (Wildman–Crippen MR) is 84.0 cm³/mol. The molecule has 0 unspecified atom stereocenters. The van der Waals surface area contributed by atoms with Gasteiger partial charge < -0.3 is 10.6 Å². The first-order chi connectivity index (χ1) is 9.32. The fourth-order valence-corrected chi connectivity index (χ4v) is 2.33. The van der Waals surface area contributed by atoms with Crippen LogP contribution in [0.2, 0.25) is 0 Å². The van der Waals surface area contributed by atoms with Crippen LogP contribution < -0.4 is 10.6 Å². The second-order valence-corrected chi connectivity index (χ2v) is 6.12. The van der Waals surface area contributed by atoms with E-state index in [9.17, 15) is 0 Å². The Bertz CT molecular complexity index is 508. The van der Waals surface area contributed by atoms with Crippen LogP contribution in [0.15, 0.2) is 0 Å². The molecule has 0 radical (unpaired) electrons. The van der Waals surface area contributed by atoms with E-state index in [0.29, 0.717) is 10.9 Å². The number of hydrogen-bond donors (Lipinski definition) is 1. The molecule has 1 aliphatic heterocycles. The SMILES string of the molecule is Cc1nnc(N2CCN(C(C)(C)C(N)=S)CC2)nc1C. The maximum absolute atomic E-state index is 5.82. The number of anilines is 1. The average Bonchev–Trinajstić information content (AvgIpc) is 2.42. The highest BCUT2D eigenvalue weighted by Gasteiger charge is 2.32. The zero-order valence-electron chi connectivity index (χ0n) is 12.6. The number of piperazine rings is 1. The Morgan fingerprint density at radius 3 is 2.20 bits per heavy atom.